The second kappa shape index (κ2) is 9.72. The van der Waals surface area contributed by atoms with Crippen molar-refractivity contribution in [2.45, 2.75) is 60.0 Å². The Labute approximate surface area is 158 Å². The minimum absolute atomic E-state index is 0.164. The van der Waals surface area contributed by atoms with Gasteiger partial charge in [0.2, 0.25) is 0 Å². The molecule has 0 atom stereocenters. The smallest absolute Gasteiger partial charge is 0.123 e. The summed E-state index contributed by atoms with van der Waals surface area (Å²) in [6, 6.07) is 5.14. The number of hydrogen-bond donors (Lipinski definition) is 0. The average molecular weight is 357 g/mol. The summed E-state index contributed by atoms with van der Waals surface area (Å²) in [5, 5.41) is 1.03. The number of rotatable bonds is 9. The molecule has 1 heterocycles. The lowest BCUT2D eigenvalue weighted by molar-refractivity contribution is 0.328. The summed E-state index contributed by atoms with van der Waals surface area (Å²) in [4.78, 5) is 2.30. The Kier molecular flexibility index (Phi) is 7.65. The fraction of sp³-hybridized carbons (Fsp3) is 0.478. The van der Waals surface area contributed by atoms with Crippen LogP contribution < -0.4 is 0 Å². The average Bonchev–Trinajstić information content (AvgIpc) is 2.90. The normalized spacial score (nSPS) is 12.2. The van der Waals surface area contributed by atoms with Crippen LogP contribution in [0.4, 0.5) is 4.39 Å². The van der Waals surface area contributed by atoms with Crippen LogP contribution in [0.3, 0.4) is 0 Å². The van der Waals surface area contributed by atoms with Crippen LogP contribution in [0.15, 0.2) is 47.7 Å². The molecule has 142 valence electrons. The fourth-order valence-electron chi connectivity index (χ4n) is 3.32. The maximum atomic E-state index is 13.8. The van der Waals surface area contributed by atoms with Gasteiger partial charge in [0.25, 0.3) is 0 Å². The first-order chi connectivity index (χ1) is 12.4. The summed E-state index contributed by atoms with van der Waals surface area (Å²) < 4.78 is 16.0. The third-order valence-corrected chi connectivity index (χ3v) is 4.70. The van der Waals surface area contributed by atoms with Crippen LogP contribution in [0.1, 0.15) is 52.5 Å². The van der Waals surface area contributed by atoms with Gasteiger partial charge in [-0.15, -0.1) is 0 Å². The lowest BCUT2D eigenvalue weighted by Crippen LogP contribution is -2.18. The van der Waals surface area contributed by atoms with Crippen molar-refractivity contribution in [3.63, 3.8) is 0 Å². The molecular weight excluding hydrogens is 323 g/mol. The SMILES string of the molecule is CCCN(C)Cc1cn(CC=C(C)CCC=C(C)C)c2ccc(F)cc12. The Balaban J connectivity index is 2.20. The van der Waals surface area contributed by atoms with Crippen molar-refractivity contribution in [1.82, 2.24) is 9.47 Å². The van der Waals surface area contributed by atoms with Gasteiger partial charge in [-0.2, -0.15) is 0 Å². The monoisotopic (exact) mass is 356 g/mol. The van der Waals surface area contributed by atoms with Crippen LogP contribution in [0.5, 0.6) is 0 Å². The van der Waals surface area contributed by atoms with Gasteiger partial charge in [0.1, 0.15) is 5.82 Å². The molecular formula is C23H33FN2. The molecule has 0 saturated carbocycles. The molecule has 0 radical (unpaired) electrons. The first-order valence-electron chi connectivity index (χ1n) is 9.65. The highest BCUT2D eigenvalue weighted by atomic mass is 19.1. The molecule has 3 heteroatoms. The van der Waals surface area contributed by atoms with E-state index in [9.17, 15) is 4.39 Å². The quantitative estimate of drug-likeness (QED) is 0.478. The fourth-order valence-corrected chi connectivity index (χ4v) is 3.32. The van der Waals surface area contributed by atoms with E-state index in [1.807, 2.05) is 6.07 Å². The van der Waals surface area contributed by atoms with Crippen molar-refractivity contribution in [3.05, 3.63) is 59.1 Å². The van der Waals surface area contributed by atoms with Crippen molar-refractivity contribution < 1.29 is 4.39 Å². The van der Waals surface area contributed by atoms with Crippen LogP contribution in [-0.2, 0) is 13.1 Å². The van der Waals surface area contributed by atoms with E-state index >= 15 is 0 Å². The lowest BCUT2D eigenvalue weighted by Gasteiger charge is -2.14. The summed E-state index contributed by atoms with van der Waals surface area (Å²) in [7, 11) is 2.12. The molecule has 0 amide bonds. The number of benzene rings is 1. The number of nitrogens with zero attached hydrogens (tertiary/aromatic N) is 2. The molecule has 2 aromatic rings. The number of aromatic nitrogens is 1. The van der Waals surface area contributed by atoms with Crippen LogP contribution in [0.25, 0.3) is 10.9 Å². The van der Waals surface area contributed by atoms with Crippen LogP contribution in [0, 0.1) is 5.82 Å². The molecule has 2 rings (SSSR count). The summed E-state index contributed by atoms with van der Waals surface area (Å²) in [5.41, 5.74) is 5.08. The maximum Gasteiger partial charge on any atom is 0.123 e. The van der Waals surface area contributed by atoms with E-state index in [0.717, 1.165) is 49.8 Å². The van der Waals surface area contributed by atoms with Gasteiger partial charge in [-0.25, -0.2) is 4.39 Å². The molecule has 0 aliphatic heterocycles. The molecule has 0 unspecified atom stereocenters. The minimum Gasteiger partial charge on any atom is -0.343 e. The zero-order valence-electron chi connectivity index (χ0n) is 17.0. The largest absolute Gasteiger partial charge is 0.343 e. The van der Waals surface area contributed by atoms with Gasteiger partial charge in [-0.1, -0.05) is 30.2 Å². The highest BCUT2D eigenvalue weighted by Gasteiger charge is 2.11. The standard InChI is InChI=1S/C23H33FN2/c1-6-13-25(5)16-20-17-26(23-11-10-21(24)15-22(20)23)14-12-19(4)9-7-8-18(2)3/h8,10-12,15,17H,6-7,9,13-14,16H2,1-5H3. The molecule has 0 saturated heterocycles. The second-order valence-corrected chi connectivity index (χ2v) is 7.58. The number of halogens is 1. The molecule has 0 bridgehead atoms. The van der Waals surface area contributed by atoms with Gasteiger partial charge < -0.3 is 9.47 Å². The highest BCUT2D eigenvalue weighted by Crippen LogP contribution is 2.24. The molecule has 2 nitrogen and oxygen atoms in total. The van der Waals surface area contributed by atoms with Crippen LogP contribution in [-0.4, -0.2) is 23.1 Å². The predicted octanol–water partition coefficient (Wildman–Crippen LogP) is 6.31. The van der Waals surface area contributed by atoms with Gasteiger partial charge in [-0.3, -0.25) is 0 Å². The third kappa shape index (κ3) is 5.84. The van der Waals surface area contributed by atoms with Crippen molar-refractivity contribution >= 4 is 10.9 Å². The van der Waals surface area contributed by atoms with Crippen molar-refractivity contribution in [2.75, 3.05) is 13.6 Å². The molecule has 0 aliphatic rings. The van der Waals surface area contributed by atoms with Gasteiger partial charge in [0, 0.05) is 30.2 Å². The van der Waals surface area contributed by atoms with E-state index in [-0.39, 0.29) is 5.82 Å². The topological polar surface area (TPSA) is 8.17 Å². The molecule has 26 heavy (non-hydrogen) atoms. The third-order valence-electron chi connectivity index (χ3n) is 4.70. The number of fused-ring (bicyclic) bond motifs is 1. The van der Waals surface area contributed by atoms with E-state index in [2.05, 4.69) is 62.6 Å². The summed E-state index contributed by atoms with van der Waals surface area (Å²) in [5.74, 6) is -0.164. The minimum atomic E-state index is -0.164. The van der Waals surface area contributed by atoms with Crippen molar-refractivity contribution in [2.24, 2.45) is 0 Å². The highest BCUT2D eigenvalue weighted by molar-refractivity contribution is 5.84. The van der Waals surface area contributed by atoms with Gasteiger partial charge in [0.15, 0.2) is 0 Å². The Hall–Kier alpha value is -1.87. The summed E-state index contributed by atoms with van der Waals surface area (Å²) in [6.45, 7) is 11.4. The molecule has 0 aliphatic carbocycles. The van der Waals surface area contributed by atoms with Gasteiger partial charge in [-0.05, 0) is 77.4 Å². The lowest BCUT2D eigenvalue weighted by atomic mass is 10.1. The molecule has 0 spiro atoms. The van der Waals surface area contributed by atoms with Crippen LogP contribution >= 0.6 is 0 Å². The molecule has 0 fully saturated rings. The summed E-state index contributed by atoms with van der Waals surface area (Å²) >= 11 is 0. The zero-order chi connectivity index (χ0) is 19.1. The Bertz CT molecular complexity index is 779. The van der Waals surface area contributed by atoms with E-state index in [4.69, 9.17) is 0 Å². The first-order valence-corrected chi connectivity index (χ1v) is 9.65. The molecule has 1 aromatic heterocycles. The van der Waals surface area contributed by atoms with E-state index in [1.54, 1.807) is 12.1 Å². The van der Waals surface area contributed by atoms with Gasteiger partial charge in [0.05, 0.1) is 0 Å². The second-order valence-electron chi connectivity index (χ2n) is 7.58. The Morgan fingerprint density at radius 2 is 1.96 bits per heavy atom. The number of hydrogen-bond acceptors (Lipinski definition) is 1. The summed E-state index contributed by atoms with van der Waals surface area (Å²) in [6.07, 6.45) is 10.1. The number of allylic oxidation sites excluding steroid dienone is 4. The van der Waals surface area contributed by atoms with E-state index < -0.39 is 0 Å². The van der Waals surface area contributed by atoms with E-state index in [0.29, 0.717) is 0 Å². The Morgan fingerprint density at radius 3 is 2.65 bits per heavy atom. The van der Waals surface area contributed by atoms with E-state index in [1.165, 1.54) is 16.7 Å². The van der Waals surface area contributed by atoms with Crippen molar-refractivity contribution in [3.8, 4) is 0 Å². The maximum absolute atomic E-state index is 13.8. The van der Waals surface area contributed by atoms with Crippen LogP contribution in [0.2, 0.25) is 0 Å². The molecule has 0 N–H and O–H groups in total. The van der Waals surface area contributed by atoms with Crippen molar-refractivity contribution in [1.29, 1.82) is 0 Å². The molecule has 1 aromatic carbocycles. The Morgan fingerprint density at radius 1 is 1.19 bits per heavy atom. The zero-order valence-corrected chi connectivity index (χ0v) is 17.0. The first kappa shape index (κ1) is 20.4. The predicted molar refractivity (Wildman–Crippen MR) is 111 cm³/mol. The van der Waals surface area contributed by atoms with Gasteiger partial charge >= 0.3 is 0 Å².